The van der Waals surface area contributed by atoms with Gasteiger partial charge >= 0.3 is 6.03 Å². The highest BCUT2D eigenvalue weighted by Gasteiger charge is 2.22. The molecule has 1 heterocycles. The van der Waals surface area contributed by atoms with Crippen LogP contribution in [0.4, 0.5) is 10.5 Å². The summed E-state index contributed by atoms with van der Waals surface area (Å²) in [6.45, 7) is 3.31. The van der Waals surface area contributed by atoms with E-state index in [1.807, 2.05) is 56.4 Å². The number of hydrogen-bond acceptors (Lipinski definition) is 2. The lowest BCUT2D eigenvalue weighted by molar-refractivity contribution is 0.0742. The van der Waals surface area contributed by atoms with Crippen molar-refractivity contribution in [1.29, 1.82) is 0 Å². The van der Waals surface area contributed by atoms with Crippen LogP contribution < -0.4 is 10.2 Å². The van der Waals surface area contributed by atoms with Gasteiger partial charge in [0.05, 0.1) is 6.04 Å². The topological polar surface area (TPSA) is 52.7 Å². The Labute approximate surface area is 141 Å². The van der Waals surface area contributed by atoms with Crippen LogP contribution in [0.2, 0.25) is 0 Å². The van der Waals surface area contributed by atoms with Crippen molar-refractivity contribution in [2.24, 2.45) is 0 Å². The van der Waals surface area contributed by atoms with Crippen molar-refractivity contribution in [3.8, 4) is 0 Å². The number of hydrogen-bond donors (Lipinski definition) is 1. The molecule has 1 unspecified atom stereocenters. The minimum atomic E-state index is -0.0936. The van der Waals surface area contributed by atoms with Gasteiger partial charge in [-0.15, -0.1) is 0 Å². The van der Waals surface area contributed by atoms with Crippen LogP contribution in [-0.2, 0) is 0 Å². The molecule has 3 amide bonds. The number of benzene rings is 2. The highest BCUT2D eigenvalue weighted by Crippen LogP contribution is 2.22. The summed E-state index contributed by atoms with van der Waals surface area (Å²) < 4.78 is 0. The van der Waals surface area contributed by atoms with Crippen LogP contribution in [0, 0.1) is 0 Å². The van der Waals surface area contributed by atoms with E-state index in [2.05, 4.69) is 5.32 Å². The molecule has 0 bridgehead atoms. The lowest BCUT2D eigenvalue weighted by Crippen LogP contribution is -2.30. The third kappa shape index (κ3) is 3.11. The van der Waals surface area contributed by atoms with E-state index < -0.39 is 0 Å². The molecule has 1 aliphatic heterocycles. The Morgan fingerprint density at radius 1 is 1.12 bits per heavy atom. The third-order valence-electron chi connectivity index (χ3n) is 4.47. The minimum Gasteiger partial charge on any atom is -0.336 e. The Morgan fingerprint density at radius 3 is 2.38 bits per heavy atom. The molecule has 0 spiro atoms. The molecule has 1 N–H and O–H groups in total. The van der Waals surface area contributed by atoms with Crippen LogP contribution in [0.15, 0.2) is 54.6 Å². The van der Waals surface area contributed by atoms with E-state index in [-0.39, 0.29) is 18.0 Å². The molecule has 124 valence electrons. The second kappa shape index (κ2) is 6.74. The summed E-state index contributed by atoms with van der Waals surface area (Å²) in [6, 6.07) is 17.0. The second-order valence-electron chi connectivity index (χ2n) is 5.93. The Bertz CT molecular complexity index is 728. The van der Waals surface area contributed by atoms with Crippen molar-refractivity contribution >= 4 is 17.6 Å². The summed E-state index contributed by atoms with van der Waals surface area (Å²) in [4.78, 5) is 27.8. The van der Waals surface area contributed by atoms with Crippen LogP contribution in [0.5, 0.6) is 0 Å². The van der Waals surface area contributed by atoms with Gasteiger partial charge < -0.3 is 10.2 Å². The van der Waals surface area contributed by atoms with Gasteiger partial charge in [-0.3, -0.25) is 9.69 Å². The van der Waals surface area contributed by atoms with E-state index in [0.717, 1.165) is 11.3 Å². The van der Waals surface area contributed by atoms with Crippen molar-refractivity contribution in [3.63, 3.8) is 0 Å². The fraction of sp³-hybridized carbons (Fsp3) is 0.263. The summed E-state index contributed by atoms with van der Waals surface area (Å²) in [6.07, 6.45) is 0. The zero-order valence-electron chi connectivity index (χ0n) is 13.9. The average molecular weight is 323 g/mol. The van der Waals surface area contributed by atoms with E-state index in [9.17, 15) is 9.59 Å². The van der Waals surface area contributed by atoms with Gasteiger partial charge in [0, 0.05) is 31.4 Å². The maximum absolute atomic E-state index is 12.7. The van der Waals surface area contributed by atoms with Gasteiger partial charge in [0.25, 0.3) is 5.91 Å². The first-order chi connectivity index (χ1) is 11.6. The summed E-state index contributed by atoms with van der Waals surface area (Å²) >= 11 is 0. The van der Waals surface area contributed by atoms with Crippen LogP contribution >= 0.6 is 0 Å². The molecule has 1 fully saturated rings. The number of carbonyl (C=O) groups excluding carboxylic acids is 2. The van der Waals surface area contributed by atoms with E-state index >= 15 is 0 Å². The van der Waals surface area contributed by atoms with E-state index in [1.54, 1.807) is 21.9 Å². The van der Waals surface area contributed by atoms with Crippen molar-refractivity contribution in [2.45, 2.75) is 13.0 Å². The monoisotopic (exact) mass is 323 g/mol. The SMILES string of the molecule is CC(c1ccccc1)N(C)C(=O)c1ccc(N2CCNC2=O)cc1. The lowest BCUT2D eigenvalue weighted by Gasteiger charge is -2.25. The fourth-order valence-corrected chi connectivity index (χ4v) is 2.84. The number of urea groups is 1. The van der Waals surface area contributed by atoms with Gasteiger partial charge in [-0.1, -0.05) is 30.3 Å². The molecule has 0 aromatic heterocycles. The number of anilines is 1. The van der Waals surface area contributed by atoms with Crippen molar-refractivity contribution in [1.82, 2.24) is 10.2 Å². The molecule has 0 radical (unpaired) electrons. The molecular formula is C19H21N3O2. The standard InChI is InChI=1S/C19H21N3O2/c1-14(15-6-4-3-5-7-15)21(2)18(23)16-8-10-17(11-9-16)22-13-12-20-19(22)24/h3-11,14H,12-13H2,1-2H3,(H,20,24). The van der Waals surface area contributed by atoms with Gasteiger partial charge in [-0.25, -0.2) is 4.79 Å². The molecule has 24 heavy (non-hydrogen) atoms. The first-order valence-electron chi connectivity index (χ1n) is 8.05. The van der Waals surface area contributed by atoms with E-state index in [1.165, 1.54) is 0 Å². The summed E-state index contributed by atoms with van der Waals surface area (Å²) in [5, 5.41) is 2.77. The zero-order chi connectivity index (χ0) is 17.1. The van der Waals surface area contributed by atoms with Gasteiger partial charge in [0.15, 0.2) is 0 Å². The Balaban J connectivity index is 1.74. The van der Waals surface area contributed by atoms with Crippen molar-refractivity contribution in [2.75, 3.05) is 25.0 Å². The molecular weight excluding hydrogens is 302 g/mol. The molecule has 0 aliphatic carbocycles. The highest BCUT2D eigenvalue weighted by molar-refractivity contribution is 5.97. The minimum absolute atomic E-state index is 0.0114. The van der Waals surface area contributed by atoms with Gasteiger partial charge in [-0.05, 0) is 36.8 Å². The molecule has 1 aliphatic rings. The van der Waals surface area contributed by atoms with Gasteiger partial charge in [-0.2, -0.15) is 0 Å². The average Bonchev–Trinajstić information content (AvgIpc) is 3.06. The number of rotatable bonds is 4. The largest absolute Gasteiger partial charge is 0.336 e. The smallest absolute Gasteiger partial charge is 0.321 e. The molecule has 3 rings (SSSR count). The predicted octanol–water partition coefficient (Wildman–Crippen LogP) is 3.05. The summed E-state index contributed by atoms with van der Waals surface area (Å²) in [5.41, 5.74) is 2.52. The Hall–Kier alpha value is -2.82. The van der Waals surface area contributed by atoms with Crippen molar-refractivity contribution < 1.29 is 9.59 Å². The lowest BCUT2D eigenvalue weighted by atomic mass is 10.1. The number of nitrogens with zero attached hydrogens (tertiary/aromatic N) is 2. The van der Waals surface area contributed by atoms with E-state index in [4.69, 9.17) is 0 Å². The molecule has 5 nitrogen and oxygen atoms in total. The van der Waals surface area contributed by atoms with Crippen LogP contribution in [-0.4, -0.2) is 37.0 Å². The fourth-order valence-electron chi connectivity index (χ4n) is 2.84. The molecule has 1 atom stereocenters. The number of amides is 3. The summed E-state index contributed by atoms with van der Waals surface area (Å²) in [7, 11) is 1.81. The summed E-state index contributed by atoms with van der Waals surface area (Å²) in [5.74, 6) is -0.0382. The maximum atomic E-state index is 12.7. The maximum Gasteiger partial charge on any atom is 0.321 e. The van der Waals surface area contributed by atoms with Crippen LogP contribution in [0.25, 0.3) is 0 Å². The zero-order valence-corrected chi connectivity index (χ0v) is 13.9. The predicted molar refractivity (Wildman–Crippen MR) is 94.1 cm³/mol. The quantitative estimate of drug-likeness (QED) is 0.940. The first kappa shape index (κ1) is 16.1. The molecule has 2 aromatic carbocycles. The normalized spacial score (nSPS) is 15.1. The van der Waals surface area contributed by atoms with E-state index in [0.29, 0.717) is 18.7 Å². The van der Waals surface area contributed by atoms with Gasteiger partial charge in [0.2, 0.25) is 0 Å². The third-order valence-corrected chi connectivity index (χ3v) is 4.47. The molecule has 1 saturated heterocycles. The van der Waals surface area contributed by atoms with Crippen LogP contribution in [0.3, 0.4) is 0 Å². The second-order valence-corrected chi connectivity index (χ2v) is 5.93. The highest BCUT2D eigenvalue weighted by atomic mass is 16.2. The molecule has 5 heteroatoms. The number of carbonyl (C=O) groups is 2. The molecule has 0 saturated carbocycles. The number of nitrogens with one attached hydrogen (secondary N) is 1. The first-order valence-corrected chi connectivity index (χ1v) is 8.05. The Kier molecular flexibility index (Phi) is 4.51. The van der Waals surface area contributed by atoms with Crippen molar-refractivity contribution in [3.05, 3.63) is 65.7 Å². The van der Waals surface area contributed by atoms with Gasteiger partial charge in [0.1, 0.15) is 0 Å². The molecule has 2 aromatic rings. The van der Waals surface area contributed by atoms with Crippen LogP contribution in [0.1, 0.15) is 28.9 Å². The Morgan fingerprint density at radius 2 is 1.79 bits per heavy atom.